The van der Waals surface area contributed by atoms with E-state index in [1.54, 1.807) is 0 Å². The minimum atomic E-state index is 0.333. The highest BCUT2D eigenvalue weighted by molar-refractivity contribution is 5.59. The van der Waals surface area contributed by atoms with Gasteiger partial charge in [0.05, 0.1) is 0 Å². The van der Waals surface area contributed by atoms with Gasteiger partial charge in [-0.05, 0) is 49.9 Å². The fourth-order valence-electron chi connectivity index (χ4n) is 3.18. The molecule has 2 rings (SSSR count). The summed E-state index contributed by atoms with van der Waals surface area (Å²) in [4.78, 5) is 2.52. The Kier molecular flexibility index (Phi) is 6.52. The molecule has 0 bridgehead atoms. The molecule has 0 aliphatic carbocycles. The van der Waals surface area contributed by atoms with Crippen molar-refractivity contribution in [3.63, 3.8) is 0 Å². The maximum absolute atomic E-state index is 8.80. The van der Waals surface area contributed by atoms with Gasteiger partial charge < -0.3 is 15.3 Å². The maximum atomic E-state index is 8.80. The molecule has 3 heteroatoms. The Balaban J connectivity index is 1.88. The van der Waals surface area contributed by atoms with E-state index in [2.05, 4.69) is 42.3 Å². The van der Waals surface area contributed by atoms with Gasteiger partial charge in [-0.15, -0.1) is 0 Å². The van der Waals surface area contributed by atoms with Crippen LogP contribution in [0.3, 0.4) is 0 Å². The van der Waals surface area contributed by atoms with Gasteiger partial charge in [-0.2, -0.15) is 0 Å². The lowest BCUT2D eigenvalue weighted by Crippen LogP contribution is -2.21. The Morgan fingerprint density at radius 3 is 2.81 bits per heavy atom. The van der Waals surface area contributed by atoms with Gasteiger partial charge in [0.1, 0.15) is 0 Å². The van der Waals surface area contributed by atoms with Crippen LogP contribution in [-0.4, -0.2) is 31.3 Å². The van der Waals surface area contributed by atoms with Crippen molar-refractivity contribution in [2.45, 2.75) is 52.0 Å². The molecular formula is C18H30N2O. The number of fused-ring (bicyclic) bond motifs is 1. The highest BCUT2D eigenvalue weighted by Gasteiger charge is 2.19. The van der Waals surface area contributed by atoms with Crippen molar-refractivity contribution in [2.24, 2.45) is 0 Å². The van der Waals surface area contributed by atoms with Crippen LogP contribution in [0.1, 0.15) is 56.7 Å². The second kappa shape index (κ2) is 8.40. The summed E-state index contributed by atoms with van der Waals surface area (Å²) in [7, 11) is 0. The van der Waals surface area contributed by atoms with Crippen LogP contribution in [0.5, 0.6) is 0 Å². The third kappa shape index (κ3) is 4.45. The Morgan fingerprint density at radius 1 is 1.24 bits per heavy atom. The molecule has 1 aliphatic heterocycles. The molecule has 0 fully saturated rings. The molecular weight excluding hydrogens is 260 g/mol. The molecule has 1 unspecified atom stereocenters. The van der Waals surface area contributed by atoms with Crippen LogP contribution in [0, 0.1) is 0 Å². The Hall–Kier alpha value is -1.06. The number of benzene rings is 1. The van der Waals surface area contributed by atoms with Crippen molar-refractivity contribution in [3.8, 4) is 0 Å². The lowest BCUT2D eigenvalue weighted by molar-refractivity contribution is 0.282. The summed E-state index contributed by atoms with van der Waals surface area (Å²) in [6.07, 6.45) is 5.73. The molecule has 2 N–H and O–H groups in total. The van der Waals surface area contributed by atoms with Crippen LogP contribution >= 0.6 is 0 Å². The predicted molar refractivity (Wildman–Crippen MR) is 90.0 cm³/mol. The van der Waals surface area contributed by atoms with E-state index in [-0.39, 0.29) is 0 Å². The normalized spacial score (nSPS) is 15.3. The summed E-state index contributed by atoms with van der Waals surface area (Å²) in [5.41, 5.74) is 4.35. The van der Waals surface area contributed by atoms with E-state index in [1.165, 1.54) is 36.1 Å². The van der Waals surface area contributed by atoms with Crippen LogP contribution in [0.25, 0.3) is 0 Å². The Labute approximate surface area is 129 Å². The summed E-state index contributed by atoms with van der Waals surface area (Å²) in [6.45, 7) is 8.05. The topological polar surface area (TPSA) is 35.5 Å². The van der Waals surface area contributed by atoms with Crippen LogP contribution < -0.4 is 10.2 Å². The first-order valence-corrected chi connectivity index (χ1v) is 8.48. The van der Waals surface area contributed by atoms with Gasteiger partial charge in [0.15, 0.2) is 0 Å². The van der Waals surface area contributed by atoms with Crippen molar-refractivity contribution >= 4 is 5.69 Å². The number of nitrogens with zero attached hydrogens (tertiary/aromatic N) is 1. The molecule has 1 aliphatic rings. The van der Waals surface area contributed by atoms with Gasteiger partial charge in [-0.1, -0.05) is 31.9 Å². The molecule has 0 aromatic heterocycles. The Bertz CT molecular complexity index is 433. The van der Waals surface area contributed by atoms with E-state index in [1.807, 2.05) is 0 Å². The highest BCUT2D eigenvalue weighted by atomic mass is 16.2. The molecule has 0 spiro atoms. The van der Waals surface area contributed by atoms with Crippen LogP contribution in [0.15, 0.2) is 18.2 Å². The molecule has 0 radical (unpaired) electrons. The van der Waals surface area contributed by atoms with E-state index in [0.717, 1.165) is 32.5 Å². The smallest absolute Gasteiger partial charge is 0.0431 e. The first-order valence-electron chi connectivity index (χ1n) is 8.48. The number of unbranched alkanes of at least 4 members (excludes halogenated alkanes) is 3. The van der Waals surface area contributed by atoms with Crippen molar-refractivity contribution < 1.29 is 5.11 Å². The minimum Gasteiger partial charge on any atom is -0.396 e. The molecule has 0 saturated carbocycles. The summed E-state index contributed by atoms with van der Waals surface area (Å²) in [5, 5.41) is 12.3. The minimum absolute atomic E-state index is 0.333. The maximum Gasteiger partial charge on any atom is 0.0431 e. The lowest BCUT2D eigenvalue weighted by atomic mass is 10.0. The van der Waals surface area contributed by atoms with Gasteiger partial charge in [0.2, 0.25) is 0 Å². The largest absolute Gasteiger partial charge is 0.396 e. The van der Waals surface area contributed by atoms with Crippen molar-refractivity contribution in [1.82, 2.24) is 5.32 Å². The fourth-order valence-corrected chi connectivity index (χ4v) is 3.18. The molecule has 0 saturated heterocycles. The molecule has 0 amide bonds. The molecule has 1 atom stereocenters. The molecule has 1 aromatic rings. The second-order valence-electron chi connectivity index (χ2n) is 6.04. The zero-order valence-electron chi connectivity index (χ0n) is 13.6. The molecule has 3 nitrogen and oxygen atoms in total. The second-order valence-corrected chi connectivity index (χ2v) is 6.04. The standard InChI is InChI=1S/C18H30N2O/c1-3-19-15(2)16-8-9-18-17(14-16)10-12-20(18)11-6-4-5-7-13-21/h8-9,14-15,19,21H,3-7,10-13H2,1-2H3. The number of rotatable bonds is 9. The molecule has 1 heterocycles. The van der Waals surface area contributed by atoms with Crippen LogP contribution in [0.2, 0.25) is 0 Å². The van der Waals surface area contributed by atoms with Gasteiger partial charge in [0.25, 0.3) is 0 Å². The van der Waals surface area contributed by atoms with Crippen LogP contribution in [-0.2, 0) is 6.42 Å². The first kappa shape index (κ1) is 16.3. The van der Waals surface area contributed by atoms with Crippen molar-refractivity contribution in [3.05, 3.63) is 29.3 Å². The number of anilines is 1. The van der Waals surface area contributed by atoms with E-state index in [0.29, 0.717) is 12.6 Å². The number of aliphatic hydroxyl groups is 1. The fraction of sp³-hybridized carbons (Fsp3) is 0.667. The predicted octanol–water partition coefficient (Wildman–Crippen LogP) is 3.27. The van der Waals surface area contributed by atoms with E-state index in [4.69, 9.17) is 5.11 Å². The summed E-state index contributed by atoms with van der Waals surface area (Å²) in [6, 6.07) is 7.40. The number of aliphatic hydroxyl groups excluding tert-OH is 1. The number of hydrogen-bond acceptors (Lipinski definition) is 3. The van der Waals surface area contributed by atoms with Gasteiger partial charge in [-0.3, -0.25) is 0 Å². The summed E-state index contributed by atoms with van der Waals surface area (Å²) >= 11 is 0. The van der Waals surface area contributed by atoms with Gasteiger partial charge >= 0.3 is 0 Å². The third-order valence-electron chi connectivity index (χ3n) is 4.44. The number of nitrogens with one attached hydrogen (secondary N) is 1. The molecule has 118 valence electrons. The first-order chi connectivity index (χ1) is 10.3. The highest BCUT2D eigenvalue weighted by Crippen LogP contribution is 2.30. The van der Waals surface area contributed by atoms with E-state index >= 15 is 0 Å². The average Bonchev–Trinajstić information content (AvgIpc) is 2.90. The molecule has 1 aromatic carbocycles. The average molecular weight is 290 g/mol. The lowest BCUT2D eigenvalue weighted by Gasteiger charge is -2.20. The third-order valence-corrected chi connectivity index (χ3v) is 4.44. The SMILES string of the molecule is CCNC(C)c1ccc2c(c1)CCN2CCCCCCO. The van der Waals surface area contributed by atoms with E-state index < -0.39 is 0 Å². The van der Waals surface area contributed by atoms with Gasteiger partial charge in [0, 0.05) is 31.4 Å². The van der Waals surface area contributed by atoms with Crippen molar-refractivity contribution in [1.29, 1.82) is 0 Å². The van der Waals surface area contributed by atoms with E-state index in [9.17, 15) is 0 Å². The Morgan fingerprint density at radius 2 is 2.05 bits per heavy atom. The van der Waals surface area contributed by atoms with Crippen molar-refractivity contribution in [2.75, 3.05) is 31.1 Å². The monoisotopic (exact) mass is 290 g/mol. The quantitative estimate of drug-likeness (QED) is 0.685. The van der Waals surface area contributed by atoms with Gasteiger partial charge in [-0.25, -0.2) is 0 Å². The summed E-state index contributed by atoms with van der Waals surface area (Å²) in [5.74, 6) is 0. The van der Waals surface area contributed by atoms with Crippen LogP contribution in [0.4, 0.5) is 5.69 Å². The number of hydrogen-bond donors (Lipinski definition) is 2. The zero-order chi connectivity index (χ0) is 15.1. The zero-order valence-corrected chi connectivity index (χ0v) is 13.6. The molecule has 21 heavy (non-hydrogen) atoms. The summed E-state index contributed by atoms with van der Waals surface area (Å²) < 4.78 is 0.